The van der Waals surface area contributed by atoms with Gasteiger partial charge in [0.2, 0.25) is 0 Å². The van der Waals surface area contributed by atoms with Crippen LogP contribution in [0.4, 0.5) is 5.82 Å². The van der Waals surface area contributed by atoms with Gasteiger partial charge in [-0.1, -0.05) is 13.8 Å². The summed E-state index contributed by atoms with van der Waals surface area (Å²) in [5.41, 5.74) is 4.64. The molecule has 1 aliphatic carbocycles. The lowest BCUT2D eigenvalue weighted by molar-refractivity contribution is -0.0292. The van der Waals surface area contributed by atoms with E-state index < -0.39 is 5.60 Å². The first kappa shape index (κ1) is 14.2. The maximum absolute atomic E-state index is 5.72. The van der Waals surface area contributed by atoms with Crippen LogP contribution in [0.25, 0.3) is 0 Å². The number of anilines is 1. The first-order valence-corrected chi connectivity index (χ1v) is 7.12. The summed E-state index contributed by atoms with van der Waals surface area (Å²) in [6, 6.07) is 0. The van der Waals surface area contributed by atoms with Crippen molar-refractivity contribution in [2.75, 3.05) is 12.5 Å². The summed E-state index contributed by atoms with van der Waals surface area (Å²) in [5, 5.41) is 0. The van der Waals surface area contributed by atoms with Crippen LogP contribution in [-0.4, -0.2) is 17.1 Å². The van der Waals surface area contributed by atoms with Gasteiger partial charge in [0.1, 0.15) is 11.4 Å². The van der Waals surface area contributed by atoms with Gasteiger partial charge in [0.05, 0.1) is 0 Å². The van der Waals surface area contributed by atoms with E-state index in [1.165, 1.54) is 18.4 Å². The summed E-state index contributed by atoms with van der Waals surface area (Å²) >= 11 is 0. The third-order valence-corrected chi connectivity index (χ3v) is 4.26. The van der Waals surface area contributed by atoms with Gasteiger partial charge in [0, 0.05) is 18.4 Å². The minimum Gasteiger partial charge on any atom is -0.370 e. The molecule has 2 rings (SSSR count). The van der Waals surface area contributed by atoms with Gasteiger partial charge in [-0.2, -0.15) is 0 Å². The van der Waals surface area contributed by atoms with Crippen molar-refractivity contribution in [3.63, 3.8) is 0 Å². The largest absolute Gasteiger partial charge is 0.370 e. The highest BCUT2D eigenvalue weighted by molar-refractivity contribution is 5.47. The zero-order valence-corrected chi connectivity index (χ0v) is 12.1. The van der Waals surface area contributed by atoms with Gasteiger partial charge in [0.15, 0.2) is 5.82 Å². The Bertz CT molecular complexity index is 418. The number of nitrogens with zero attached hydrogens (tertiary/aromatic N) is 2. The van der Waals surface area contributed by atoms with Gasteiger partial charge in [-0.05, 0) is 38.5 Å². The SMILES string of the molecule is CCC(CC)(OC)c1nc2c(c(NN)n1)CCCC2. The predicted octanol–water partition coefficient (Wildman–Crippen LogP) is 2.30. The number of methoxy groups -OCH3 is 1. The first-order valence-electron chi connectivity index (χ1n) is 7.12. The minimum atomic E-state index is -0.405. The van der Waals surface area contributed by atoms with Crippen LogP contribution >= 0.6 is 0 Å². The molecule has 19 heavy (non-hydrogen) atoms. The highest BCUT2D eigenvalue weighted by Crippen LogP contribution is 2.33. The van der Waals surface area contributed by atoms with E-state index in [0.29, 0.717) is 0 Å². The second-order valence-electron chi connectivity index (χ2n) is 5.08. The zero-order valence-electron chi connectivity index (χ0n) is 12.1. The molecule has 0 aliphatic heterocycles. The summed E-state index contributed by atoms with van der Waals surface area (Å²) in [6.45, 7) is 4.21. The van der Waals surface area contributed by atoms with Crippen molar-refractivity contribution in [2.45, 2.75) is 58.0 Å². The number of nitrogens with two attached hydrogens (primary N) is 1. The molecular weight excluding hydrogens is 240 g/mol. The minimum absolute atomic E-state index is 0.405. The van der Waals surface area contributed by atoms with Crippen LogP contribution in [0.15, 0.2) is 0 Å². The number of ether oxygens (including phenoxy) is 1. The molecule has 0 fully saturated rings. The quantitative estimate of drug-likeness (QED) is 0.630. The number of aryl methyl sites for hydroxylation is 1. The number of nitrogen functional groups attached to an aromatic ring is 1. The van der Waals surface area contributed by atoms with E-state index >= 15 is 0 Å². The molecule has 106 valence electrons. The Morgan fingerprint density at radius 2 is 1.89 bits per heavy atom. The van der Waals surface area contributed by atoms with Crippen molar-refractivity contribution in [2.24, 2.45) is 5.84 Å². The molecule has 1 heterocycles. The number of hydrazine groups is 1. The van der Waals surface area contributed by atoms with Gasteiger partial charge < -0.3 is 10.2 Å². The van der Waals surface area contributed by atoms with Gasteiger partial charge in [-0.3, -0.25) is 0 Å². The second kappa shape index (κ2) is 5.84. The van der Waals surface area contributed by atoms with Crippen molar-refractivity contribution >= 4 is 5.82 Å². The lowest BCUT2D eigenvalue weighted by Gasteiger charge is -2.30. The summed E-state index contributed by atoms with van der Waals surface area (Å²) in [7, 11) is 1.73. The summed E-state index contributed by atoms with van der Waals surface area (Å²) < 4.78 is 5.72. The van der Waals surface area contributed by atoms with E-state index in [1.54, 1.807) is 7.11 Å². The Labute approximate surface area is 114 Å². The van der Waals surface area contributed by atoms with Crippen molar-refractivity contribution in [3.05, 3.63) is 17.1 Å². The molecule has 0 bridgehead atoms. The molecule has 0 amide bonds. The molecule has 0 radical (unpaired) electrons. The molecule has 3 N–H and O–H groups in total. The Hall–Kier alpha value is -1.20. The fraction of sp³-hybridized carbons (Fsp3) is 0.714. The van der Waals surface area contributed by atoms with E-state index in [4.69, 9.17) is 15.6 Å². The Kier molecular flexibility index (Phi) is 4.37. The van der Waals surface area contributed by atoms with E-state index in [-0.39, 0.29) is 0 Å². The van der Waals surface area contributed by atoms with Gasteiger partial charge in [-0.25, -0.2) is 15.8 Å². The maximum atomic E-state index is 5.72. The fourth-order valence-electron chi connectivity index (χ4n) is 2.86. The van der Waals surface area contributed by atoms with Crippen LogP contribution in [0.3, 0.4) is 0 Å². The van der Waals surface area contributed by atoms with E-state index in [1.807, 2.05) is 0 Å². The molecule has 1 aromatic rings. The lowest BCUT2D eigenvalue weighted by atomic mass is 9.93. The molecule has 5 nitrogen and oxygen atoms in total. The highest BCUT2D eigenvalue weighted by Gasteiger charge is 2.33. The number of nitrogens with one attached hydrogen (secondary N) is 1. The molecule has 0 saturated heterocycles. The van der Waals surface area contributed by atoms with E-state index in [2.05, 4.69) is 24.3 Å². The third-order valence-electron chi connectivity index (χ3n) is 4.26. The highest BCUT2D eigenvalue weighted by atomic mass is 16.5. The normalized spacial score (nSPS) is 15.2. The van der Waals surface area contributed by atoms with Crippen LogP contribution in [-0.2, 0) is 23.2 Å². The Morgan fingerprint density at radius 3 is 2.47 bits per heavy atom. The first-order chi connectivity index (χ1) is 9.20. The number of hydrogen-bond acceptors (Lipinski definition) is 5. The number of aromatic nitrogens is 2. The molecule has 0 unspecified atom stereocenters. The average molecular weight is 264 g/mol. The number of rotatable bonds is 5. The van der Waals surface area contributed by atoms with Crippen molar-refractivity contribution < 1.29 is 4.74 Å². The number of fused-ring (bicyclic) bond motifs is 1. The predicted molar refractivity (Wildman–Crippen MR) is 75.8 cm³/mol. The molecular formula is C14H24N4O. The molecule has 1 aliphatic rings. The summed E-state index contributed by atoms with van der Waals surface area (Å²) in [5.74, 6) is 7.15. The van der Waals surface area contributed by atoms with E-state index in [0.717, 1.165) is 43.0 Å². The maximum Gasteiger partial charge on any atom is 0.162 e. The molecule has 0 atom stereocenters. The van der Waals surface area contributed by atoms with Gasteiger partial charge in [0.25, 0.3) is 0 Å². The summed E-state index contributed by atoms with van der Waals surface area (Å²) in [6.07, 6.45) is 6.08. The van der Waals surface area contributed by atoms with Gasteiger partial charge >= 0.3 is 0 Å². The summed E-state index contributed by atoms with van der Waals surface area (Å²) in [4.78, 5) is 9.39. The third kappa shape index (κ3) is 2.44. The van der Waals surface area contributed by atoms with Crippen LogP contribution in [0.5, 0.6) is 0 Å². The second-order valence-corrected chi connectivity index (χ2v) is 5.08. The Morgan fingerprint density at radius 1 is 1.21 bits per heavy atom. The van der Waals surface area contributed by atoms with Crippen LogP contribution in [0, 0.1) is 0 Å². The number of hydrogen-bond donors (Lipinski definition) is 2. The molecule has 0 saturated carbocycles. The molecule has 0 aromatic carbocycles. The van der Waals surface area contributed by atoms with Crippen LogP contribution < -0.4 is 11.3 Å². The lowest BCUT2D eigenvalue weighted by Crippen LogP contribution is -2.31. The fourth-order valence-corrected chi connectivity index (χ4v) is 2.86. The van der Waals surface area contributed by atoms with Crippen LogP contribution in [0.1, 0.15) is 56.6 Å². The van der Waals surface area contributed by atoms with Gasteiger partial charge in [-0.15, -0.1) is 0 Å². The van der Waals surface area contributed by atoms with Crippen molar-refractivity contribution in [3.8, 4) is 0 Å². The topological polar surface area (TPSA) is 73.1 Å². The zero-order chi connectivity index (χ0) is 13.9. The average Bonchev–Trinajstić information content (AvgIpc) is 2.48. The molecule has 0 spiro atoms. The van der Waals surface area contributed by atoms with Crippen LogP contribution in [0.2, 0.25) is 0 Å². The van der Waals surface area contributed by atoms with Crippen molar-refractivity contribution in [1.29, 1.82) is 0 Å². The Balaban J connectivity index is 2.52. The van der Waals surface area contributed by atoms with Crippen molar-refractivity contribution in [1.82, 2.24) is 9.97 Å². The monoisotopic (exact) mass is 264 g/mol. The molecule has 1 aromatic heterocycles. The van der Waals surface area contributed by atoms with E-state index in [9.17, 15) is 0 Å². The smallest absolute Gasteiger partial charge is 0.162 e. The standard InChI is InChI=1S/C14H24N4O/c1-4-14(5-2,19-3)13-16-11-9-7-6-8-10(11)12(17-13)18-15/h4-9,15H2,1-3H3,(H,16,17,18). The molecule has 5 heteroatoms.